The third kappa shape index (κ3) is 5.11. The largest absolute Gasteiger partial charge is 0.463 e. The second-order valence-electron chi connectivity index (χ2n) is 6.20. The van der Waals surface area contributed by atoms with Crippen LogP contribution in [0.1, 0.15) is 15.9 Å². The molecular weight excluding hydrogens is 395 g/mol. The molecule has 0 saturated heterocycles. The Labute approximate surface area is 168 Å². The Morgan fingerprint density at radius 2 is 1.62 bits per heavy atom. The molecule has 6 nitrogen and oxygen atoms in total. The summed E-state index contributed by atoms with van der Waals surface area (Å²) in [7, 11) is -3.85. The number of carbonyl (C=O) groups excluding carboxylic acids is 1. The van der Waals surface area contributed by atoms with Gasteiger partial charge >= 0.3 is 0 Å². The smallest absolute Gasteiger partial charge is 0.261 e. The van der Waals surface area contributed by atoms with E-state index in [-0.39, 0.29) is 16.1 Å². The molecule has 0 aliphatic rings. The Morgan fingerprint density at radius 1 is 0.966 bits per heavy atom. The van der Waals surface area contributed by atoms with Crippen LogP contribution >= 0.6 is 0 Å². The Hall–Kier alpha value is -3.39. The monoisotopic (exact) mass is 414 g/mol. The van der Waals surface area contributed by atoms with E-state index >= 15 is 0 Å². The molecule has 0 spiro atoms. The average molecular weight is 414 g/mol. The van der Waals surface area contributed by atoms with Crippen LogP contribution in [0.5, 0.6) is 5.75 Å². The molecule has 0 fully saturated rings. The van der Waals surface area contributed by atoms with Crippen molar-refractivity contribution in [2.45, 2.75) is 11.8 Å². The predicted octanol–water partition coefficient (Wildman–Crippen LogP) is 4.35. The van der Waals surface area contributed by atoms with Crippen LogP contribution in [0.2, 0.25) is 0 Å². The van der Waals surface area contributed by atoms with Gasteiger partial charge in [-0.2, -0.15) is 0 Å². The molecule has 0 atom stereocenters. The number of hydrogen-bond acceptors (Lipinski definition) is 4. The Kier molecular flexibility index (Phi) is 6.13. The molecule has 150 valence electrons. The SMILES string of the molecule is Cc1ccc(S(=O)(=O)Nc2ccccc2C(=O)Nc2ccc(OCF)cc2)cc1. The lowest BCUT2D eigenvalue weighted by Gasteiger charge is -2.13. The first-order valence-electron chi connectivity index (χ1n) is 8.68. The van der Waals surface area contributed by atoms with Crippen LogP contribution in [0.3, 0.4) is 0 Å². The summed E-state index contributed by atoms with van der Waals surface area (Å²) in [5.41, 5.74) is 1.71. The number of ether oxygens (including phenoxy) is 1. The first-order chi connectivity index (χ1) is 13.9. The first-order valence-corrected chi connectivity index (χ1v) is 10.2. The highest BCUT2D eigenvalue weighted by molar-refractivity contribution is 7.92. The van der Waals surface area contributed by atoms with Gasteiger partial charge in [-0.1, -0.05) is 29.8 Å². The molecule has 0 aliphatic carbocycles. The normalized spacial score (nSPS) is 11.0. The maximum atomic E-state index is 12.7. The van der Waals surface area contributed by atoms with Gasteiger partial charge in [0, 0.05) is 5.69 Å². The van der Waals surface area contributed by atoms with Crippen molar-refractivity contribution >= 4 is 27.3 Å². The molecule has 0 aromatic heterocycles. The summed E-state index contributed by atoms with van der Waals surface area (Å²) < 4.78 is 44.7. The maximum absolute atomic E-state index is 12.7. The number of halogens is 1. The van der Waals surface area contributed by atoms with E-state index in [4.69, 9.17) is 4.74 Å². The molecular formula is C21H19FN2O4S. The fourth-order valence-electron chi connectivity index (χ4n) is 2.59. The van der Waals surface area contributed by atoms with Crippen molar-refractivity contribution in [3.63, 3.8) is 0 Å². The molecule has 0 saturated carbocycles. The van der Waals surface area contributed by atoms with Crippen molar-refractivity contribution in [1.29, 1.82) is 0 Å². The minimum atomic E-state index is -3.85. The number of anilines is 2. The van der Waals surface area contributed by atoms with Crippen molar-refractivity contribution in [3.05, 3.63) is 83.9 Å². The lowest BCUT2D eigenvalue weighted by atomic mass is 10.1. The molecule has 1 amide bonds. The summed E-state index contributed by atoms with van der Waals surface area (Å²) in [4.78, 5) is 12.8. The number of amides is 1. The van der Waals surface area contributed by atoms with Gasteiger partial charge in [0.1, 0.15) is 5.75 Å². The van der Waals surface area contributed by atoms with Crippen LogP contribution in [0.15, 0.2) is 77.7 Å². The summed E-state index contributed by atoms with van der Waals surface area (Å²) >= 11 is 0. The van der Waals surface area contributed by atoms with E-state index in [1.807, 2.05) is 6.92 Å². The van der Waals surface area contributed by atoms with Gasteiger partial charge in [-0.15, -0.1) is 0 Å². The molecule has 8 heteroatoms. The average Bonchev–Trinajstić information content (AvgIpc) is 2.70. The Bertz CT molecular complexity index is 1100. The lowest BCUT2D eigenvalue weighted by Crippen LogP contribution is -2.18. The van der Waals surface area contributed by atoms with Crippen LogP contribution in [0.25, 0.3) is 0 Å². The maximum Gasteiger partial charge on any atom is 0.261 e. The number of aryl methyl sites for hydroxylation is 1. The molecule has 3 aromatic rings. The standard InChI is InChI=1S/C21H19FN2O4S/c1-15-6-12-18(13-7-15)29(26,27)24-20-5-3-2-4-19(20)21(25)23-16-8-10-17(11-9-16)28-14-22/h2-13,24H,14H2,1H3,(H,23,25). The summed E-state index contributed by atoms with van der Waals surface area (Å²) in [5, 5.41) is 2.68. The highest BCUT2D eigenvalue weighted by Gasteiger charge is 2.18. The quantitative estimate of drug-likeness (QED) is 0.602. The number of hydrogen-bond donors (Lipinski definition) is 2. The number of carbonyl (C=O) groups is 1. The number of alkyl halides is 1. The van der Waals surface area contributed by atoms with Gasteiger partial charge in [-0.3, -0.25) is 9.52 Å². The van der Waals surface area contributed by atoms with Crippen LogP contribution in [-0.4, -0.2) is 21.2 Å². The van der Waals surface area contributed by atoms with Crippen molar-refractivity contribution in [3.8, 4) is 5.75 Å². The zero-order valence-corrected chi connectivity index (χ0v) is 16.4. The molecule has 2 N–H and O–H groups in total. The highest BCUT2D eigenvalue weighted by atomic mass is 32.2. The van der Waals surface area contributed by atoms with Crippen molar-refractivity contribution in [2.24, 2.45) is 0 Å². The van der Waals surface area contributed by atoms with Gasteiger partial charge in [0.05, 0.1) is 16.1 Å². The summed E-state index contributed by atoms with van der Waals surface area (Å²) in [6.07, 6.45) is 0. The minimum Gasteiger partial charge on any atom is -0.463 e. The lowest BCUT2D eigenvalue weighted by molar-refractivity contribution is 0.102. The van der Waals surface area contributed by atoms with E-state index in [0.29, 0.717) is 11.4 Å². The van der Waals surface area contributed by atoms with Crippen LogP contribution in [0.4, 0.5) is 15.8 Å². The molecule has 0 bridgehead atoms. The fraction of sp³-hybridized carbons (Fsp3) is 0.0952. The molecule has 0 aliphatic heterocycles. The second-order valence-corrected chi connectivity index (χ2v) is 7.88. The van der Waals surface area contributed by atoms with Crippen molar-refractivity contribution < 1.29 is 22.3 Å². The zero-order chi connectivity index (χ0) is 20.9. The zero-order valence-electron chi connectivity index (χ0n) is 15.6. The number of nitrogens with one attached hydrogen (secondary N) is 2. The van der Waals surface area contributed by atoms with E-state index in [1.165, 1.54) is 36.4 Å². The van der Waals surface area contributed by atoms with Gasteiger partial charge in [-0.25, -0.2) is 12.8 Å². The van der Waals surface area contributed by atoms with E-state index in [9.17, 15) is 17.6 Å². The predicted molar refractivity (Wildman–Crippen MR) is 109 cm³/mol. The molecule has 3 aromatic carbocycles. The third-order valence-corrected chi connectivity index (χ3v) is 5.46. The second kappa shape index (κ2) is 8.74. The highest BCUT2D eigenvalue weighted by Crippen LogP contribution is 2.22. The summed E-state index contributed by atoms with van der Waals surface area (Å²) in [6.45, 7) is 0.917. The van der Waals surface area contributed by atoms with Gasteiger partial charge < -0.3 is 10.1 Å². The molecule has 3 rings (SSSR count). The van der Waals surface area contributed by atoms with E-state index in [0.717, 1.165) is 5.56 Å². The number of benzene rings is 3. The van der Waals surface area contributed by atoms with Crippen LogP contribution < -0.4 is 14.8 Å². The van der Waals surface area contributed by atoms with Gasteiger partial charge in [0.25, 0.3) is 15.9 Å². The van der Waals surface area contributed by atoms with Crippen LogP contribution in [-0.2, 0) is 10.0 Å². The van der Waals surface area contributed by atoms with Gasteiger partial charge in [0.2, 0.25) is 6.86 Å². The molecule has 0 unspecified atom stereocenters. The Balaban J connectivity index is 1.81. The molecule has 0 heterocycles. The minimum absolute atomic E-state index is 0.0989. The fourth-order valence-corrected chi connectivity index (χ4v) is 3.67. The molecule has 29 heavy (non-hydrogen) atoms. The van der Waals surface area contributed by atoms with Crippen LogP contribution in [0, 0.1) is 6.92 Å². The number of rotatable bonds is 7. The number of sulfonamides is 1. The van der Waals surface area contributed by atoms with Crippen molar-refractivity contribution in [1.82, 2.24) is 0 Å². The van der Waals surface area contributed by atoms with E-state index in [1.54, 1.807) is 36.4 Å². The third-order valence-electron chi connectivity index (χ3n) is 4.08. The van der Waals surface area contributed by atoms with Gasteiger partial charge in [0.15, 0.2) is 0 Å². The number of para-hydroxylation sites is 1. The first kappa shape index (κ1) is 20.3. The summed E-state index contributed by atoms with van der Waals surface area (Å²) in [6, 6.07) is 18.8. The Morgan fingerprint density at radius 3 is 2.28 bits per heavy atom. The summed E-state index contributed by atoms with van der Waals surface area (Å²) in [5.74, 6) is -0.164. The topological polar surface area (TPSA) is 84.5 Å². The van der Waals surface area contributed by atoms with Gasteiger partial charge in [-0.05, 0) is 55.5 Å². The molecule has 0 radical (unpaired) electrons. The van der Waals surface area contributed by atoms with Crippen molar-refractivity contribution in [2.75, 3.05) is 16.9 Å². The van der Waals surface area contributed by atoms with E-state index in [2.05, 4.69) is 10.0 Å². The van der Waals surface area contributed by atoms with E-state index < -0.39 is 22.8 Å².